The standard InChI is InChI=1S/C22H23N5O2S2/c1-4-10-27-19(13-29-18-7-5-16(6-8-18)15(2)3)25-26-22(27)31-14-20(28)24-21-17(12-23)9-11-30-21/h4-9,11,15H,1,10,13-14H2,2-3H3,(H,24,28). The molecule has 0 spiro atoms. The number of thioether (sulfide) groups is 1. The lowest BCUT2D eigenvalue weighted by molar-refractivity contribution is -0.113. The molecule has 0 radical (unpaired) electrons. The molecule has 1 N–H and O–H groups in total. The highest BCUT2D eigenvalue weighted by Crippen LogP contribution is 2.24. The van der Waals surface area contributed by atoms with Crippen molar-refractivity contribution < 1.29 is 9.53 Å². The number of carbonyl (C=O) groups excluding carboxylic acids is 1. The third kappa shape index (κ3) is 5.96. The van der Waals surface area contributed by atoms with E-state index in [1.54, 1.807) is 17.5 Å². The van der Waals surface area contributed by atoms with E-state index < -0.39 is 0 Å². The minimum atomic E-state index is -0.208. The SMILES string of the molecule is C=CCn1c(COc2ccc(C(C)C)cc2)nnc1SCC(=O)Nc1sccc1C#N. The first-order valence-electron chi connectivity index (χ1n) is 9.67. The lowest BCUT2D eigenvalue weighted by Crippen LogP contribution is -2.14. The van der Waals surface area contributed by atoms with Crippen molar-refractivity contribution in [2.45, 2.75) is 38.1 Å². The number of nitriles is 1. The Bertz CT molecular complexity index is 1080. The van der Waals surface area contributed by atoms with Crippen LogP contribution in [-0.2, 0) is 17.9 Å². The number of anilines is 1. The second-order valence-electron chi connectivity index (χ2n) is 6.92. The van der Waals surface area contributed by atoms with Gasteiger partial charge in [-0.25, -0.2) is 0 Å². The van der Waals surface area contributed by atoms with E-state index in [2.05, 4.69) is 54.1 Å². The highest BCUT2D eigenvalue weighted by molar-refractivity contribution is 7.99. The lowest BCUT2D eigenvalue weighted by atomic mass is 10.0. The van der Waals surface area contributed by atoms with Crippen LogP contribution >= 0.6 is 23.1 Å². The third-order valence-electron chi connectivity index (χ3n) is 4.39. The minimum Gasteiger partial charge on any atom is -0.486 e. The van der Waals surface area contributed by atoms with E-state index in [1.165, 1.54) is 28.7 Å². The zero-order chi connectivity index (χ0) is 22.2. The molecule has 0 saturated carbocycles. The molecule has 9 heteroatoms. The summed E-state index contributed by atoms with van der Waals surface area (Å²) in [6.45, 7) is 8.85. The zero-order valence-corrected chi connectivity index (χ0v) is 19.0. The Morgan fingerprint density at radius 2 is 2.13 bits per heavy atom. The average Bonchev–Trinajstić information content (AvgIpc) is 3.37. The predicted octanol–water partition coefficient (Wildman–Crippen LogP) is 4.83. The smallest absolute Gasteiger partial charge is 0.235 e. The molecular weight excluding hydrogens is 430 g/mol. The molecule has 2 heterocycles. The summed E-state index contributed by atoms with van der Waals surface area (Å²) in [5, 5.41) is 23.2. The van der Waals surface area contributed by atoms with Gasteiger partial charge in [-0.2, -0.15) is 5.26 Å². The van der Waals surface area contributed by atoms with Gasteiger partial charge >= 0.3 is 0 Å². The molecule has 0 saturated heterocycles. The number of benzene rings is 1. The Labute approximate surface area is 189 Å². The van der Waals surface area contributed by atoms with E-state index >= 15 is 0 Å². The summed E-state index contributed by atoms with van der Waals surface area (Å²) in [5.41, 5.74) is 1.71. The number of amides is 1. The Morgan fingerprint density at radius 1 is 1.35 bits per heavy atom. The van der Waals surface area contributed by atoms with Gasteiger partial charge in [0.15, 0.2) is 11.0 Å². The monoisotopic (exact) mass is 453 g/mol. The van der Waals surface area contributed by atoms with Gasteiger partial charge < -0.3 is 10.1 Å². The minimum absolute atomic E-state index is 0.148. The summed E-state index contributed by atoms with van der Waals surface area (Å²) in [4.78, 5) is 12.3. The molecule has 3 rings (SSSR count). The van der Waals surface area contributed by atoms with E-state index in [9.17, 15) is 4.79 Å². The van der Waals surface area contributed by atoms with Crippen LogP contribution in [-0.4, -0.2) is 26.4 Å². The number of aromatic nitrogens is 3. The second-order valence-corrected chi connectivity index (χ2v) is 8.78. The number of nitrogens with one attached hydrogen (secondary N) is 1. The molecule has 160 valence electrons. The number of rotatable bonds is 10. The largest absolute Gasteiger partial charge is 0.486 e. The fourth-order valence-electron chi connectivity index (χ4n) is 2.73. The van der Waals surface area contributed by atoms with E-state index in [0.717, 1.165) is 5.75 Å². The van der Waals surface area contributed by atoms with Gasteiger partial charge in [0.1, 0.15) is 23.4 Å². The summed E-state index contributed by atoms with van der Waals surface area (Å²) < 4.78 is 7.75. The van der Waals surface area contributed by atoms with Gasteiger partial charge in [0, 0.05) is 6.54 Å². The van der Waals surface area contributed by atoms with Crippen LogP contribution < -0.4 is 10.1 Å². The molecular formula is C22H23N5O2S2. The van der Waals surface area contributed by atoms with Crippen molar-refractivity contribution in [3.05, 3.63) is 65.3 Å². The maximum absolute atomic E-state index is 12.3. The fraction of sp³-hybridized carbons (Fsp3) is 0.273. The number of nitrogens with zero attached hydrogens (tertiary/aromatic N) is 4. The number of allylic oxidation sites excluding steroid dienone is 1. The molecule has 0 atom stereocenters. The molecule has 3 aromatic rings. The van der Waals surface area contributed by atoms with Crippen LogP contribution in [0.2, 0.25) is 0 Å². The van der Waals surface area contributed by atoms with E-state index in [1.807, 2.05) is 16.7 Å². The molecule has 0 aliphatic carbocycles. The maximum Gasteiger partial charge on any atom is 0.235 e. The van der Waals surface area contributed by atoms with Crippen molar-refractivity contribution >= 4 is 34.0 Å². The maximum atomic E-state index is 12.3. The molecule has 0 fully saturated rings. The summed E-state index contributed by atoms with van der Waals surface area (Å²) >= 11 is 2.59. The first-order valence-corrected chi connectivity index (χ1v) is 11.5. The summed E-state index contributed by atoms with van der Waals surface area (Å²) in [5.74, 6) is 1.82. The molecule has 1 aromatic carbocycles. The lowest BCUT2D eigenvalue weighted by Gasteiger charge is -2.10. The summed E-state index contributed by atoms with van der Waals surface area (Å²) in [6.07, 6.45) is 1.75. The van der Waals surface area contributed by atoms with Crippen molar-refractivity contribution in [2.75, 3.05) is 11.1 Å². The summed E-state index contributed by atoms with van der Waals surface area (Å²) in [7, 11) is 0. The molecule has 1 amide bonds. The molecule has 0 bridgehead atoms. The molecule has 0 aliphatic heterocycles. The number of thiophene rings is 1. The van der Waals surface area contributed by atoms with E-state index in [-0.39, 0.29) is 18.3 Å². The third-order valence-corrected chi connectivity index (χ3v) is 6.19. The van der Waals surface area contributed by atoms with Crippen LogP contribution in [0, 0.1) is 11.3 Å². The molecule has 31 heavy (non-hydrogen) atoms. The Morgan fingerprint density at radius 3 is 2.81 bits per heavy atom. The second kappa shape index (κ2) is 10.8. The molecule has 7 nitrogen and oxygen atoms in total. The van der Waals surface area contributed by atoms with E-state index in [4.69, 9.17) is 10.00 Å². The van der Waals surface area contributed by atoms with Crippen molar-refractivity contribution in [1.29, 1.82) is 5.26 Å². The number of hydrogen-bond acceptors (Lipinski definition) is 7. The first kappa shape index (κ1) is 22.6. The van der Waals surface area contributed by atoms with Crippen LogP contribution in [0.1, 0.15) is 36.7 Å². The van der Waals surface area contributed by atoms with E-state index in [0.29, 0.717) is 34.0 Å². The topological polar surface area (TPSA) is 92.8 Å². The highest BCUT2D eigenvalue weighted by Gasteiger charge is 2.15. The highest BCUT2D eigenvalue weighted by atomic mass is 32.2. The predicted molar refractivity (Wildman–Crippen MR) is 123 cm³/mol. The van der Waals surface area contributed by atoms with Gasteiger partial charge in [-0.05, 0) is 35.1 Å². The molecule has 2 aromatic heterocycles. The van der Waals surface area contributed by atoms with Gasteiger partial charge in [0.05, 0.1) is 11.3 Å². The van der Waals surface area contributed by atoms with Crippen molar-refractivity contribution in [1.82, 2.24) is 14.8 Å². The van der Waals surface area contributed by atoms with Crippen LogP contribution in [0.3, 0.4) is 0 Å². The Kier molecular flexibility index (Phi) is 7.87. The van der Waals surface area contributed by atoms with Crippen LogP contribution in [0.15, 0.2) is 53.5 Å². The van der Waals surface area contributed by atoms with Gasteiger partial charge in [0.2, 0.25) is 5.91 Å². The van der Waals surface area contributed by atoms with Crippen molar-refractivity contribution in [3.8, 4) is 11.8 Å². The van der Waals surface area contributed by atoms with Gasteiger partial charge in [-0.1, -0.05) is 43.8 Å². The number of carbonyl (C=O) groups is 1. The van der Waals surface area contributed by atoms with Crippen LogP contribution in [0.25, 0.3) is 0 Å². The van der Waals surface area contributed by atoms with Gasteiger partial charge in [-0.3, -0.25) is 9.36 Å². The van der Waals surface area contributed by atoms with Gasteiger partial charge in [-0.15, -0.1) is 28.1 Å². The van der Waals surface area contributed by atoms with Gasteiger partial charge in [0.25, 0.3) is 0 Å². The molecule has 0 aliphatic rings. The normalized spacial score (nSPS) is 10.6. The quantitative estimate of drug-likeness (QED) is 0.349. The van der Waals surface area contributed by atoms with Crippen molar-refractivity contribution in [3.63, 3.8) is 0 Å². The average molecular weight is 454 g/mol. The Balaban J connectivity index is 1.61. The van der Waals surface area contributed by atoms with Crippen LogP contribution in [0.5, 0.6) is 5.75 Å². The fourth-order valence-corrected chi connectivity index (χ4v) is 4.25. The zero-order valence-electron chi connectivity index (χ0n) is 17.4. The van der Waals surface area contributed by atoms with Crippen LogP contribution in [0.4, 0.5) is 5.00 Å². The number of ether oxygens (including phenoxy) is 1. The summed E-state index contributed by atoms with van der Waals surface area (Å²) in [6, 6.07) is 11.7. The molecule has 0 unspecified atom stereocenters. The Hall–Kier alpha value is -3.09. The first-order chi connectivity index (χ1) is 15.0. The van der Waals surface area contributed by atoms with Crippen molar-refractivity contribution in [2.24, 2.45) is 0 Å². The number of hydrogen-bond donors (Lipinski definition) is 1.